The SMILES string of the molecule is CC(C)(C)c1ccc2c(c1)N(c1ccccc1)c1cc(-n3c4ccccc4c4ccccc43)cc3c1B2c1cccc2nc(-c4ccccc4)n-3c12. The number of fused-ring (bicyclic) bond motifs is 7. The molecule has 7 aromatic carbocycles. The molecule has 2 aliphatic heterocycles. The van der Waals surface area contributed by atoms with Gasteiger partial charge in [0.25, 0.3) is 6.71 Å². The Labute approximate surface area is 303 Å². The number of benzene rings is 7. The zero-order chi connectivity index (χ0) is 34.7. The zero-order valence-corrected chi connectivity index (χ0v) is 29.4. The third-order valence-corrected chi connectivity index (χ3v) is 11.2. The second-order valence-corrected chi connectivity index (χ2v) is 15.2. The molecule has 2 aliphatic rings. The van der Waals surface area contributed by atoms with Gasteiger partial charge in [-0.15, -0.1) is 0 Å². The van der Waals surface area contributed by atoms with Crippen molar-refractivity contribution in [3.63, 3.8) is 0 Å². The Kier molecular flexibility index (Phi) is 5.99. The molecule has 0 amide bonds. The number of para-hydroxylation sites is 4. The standard InChI is InChI=1S/C47H35BN4/c1-47(2,3)31-25-26-36-41(27-31)50(32-17-8-5-9-18-32)42-28-33(51-39-23-12-10-19-34(39)35-20-11-13-24-40(35)51)29-43-44(42)48(36)37-21-14-22-38-45(37)52(43)46(49-38)30-15-6-4-7-16-30/h4-29H,1-3H3. The van der Waals surface area contributed by atoms with Crippen molar-refractivity contribution in [1.82, 2.24) is 14.1 Å². The highest BCUT2D eigenvalue weighted by Crippen LogP contribution is 2.44. The summed E-state index contributed by atoms with van der Waals surface area (Å²) in [6.07, 6.45) is 0. The predicted octanol–water partition coefficient (Wildman–Crippen LogP) is 9.70. The van der Waals surface area contributed by atoms with Gasteiger partial charge >= 0.3 is 0 Å². The fourth-order valence-corrected chi connectivity index (χ4v) is 8.92. The molecule has 246 valence electrons. The van der Waals surface area contributed by atoms with E-state index in [1.807, 2.05) is 0 Å². The van der Waals surface area contributed by atoms with Crippen LogP contribution < -0.4 is 21.3 Å². The summed E-state index contributed by atoms with van der Waals surface area (Å²) in [6.45, 7) is 6.96. The third kappa shape index (κ3) is 4.02. The monoisotopic (exact) mass is 666 g/mol. The van der Waals surface area contributed by atoms with Gasteiger partial charge in [-0.2, -0.15) is 0 Å². The van der Waals surface area contributed by atoms with E-state index in [0.29, 0.717) is 0 Å². The van der Waals surface area contributed by atoms with Crippen LogP contribution in [0.2, 0.25) is 0 Å². The van der Waals surface area contributed by atoms with E-state index >= 15 is 0 Å². The van der Waals surface area contributed by atoms with Crippen molar-refractivity contribution in [1.29, 1.82) is 0 Å². The molecule has 4 nitrogen and oxygen atoms in total. The van der Waals surface area contributed by atoms with Gasteiger partial charge in [0.05, 0.1) is 27.8 Å². The molecule has 4 heterocycles. The molecule has 52 heavy (non-hydrogen) atoms. The molecule has 0 unspecified atom stereocenters. The maximum Gasteiger partial charge on any atom is 0.252 e. The van der Waals surface area contributed by atoms with Gasteiger partial charge in [0.15, 0.2) is 0 Å². The molecule has 0 saturated carbocycles. The lowest BCUT2D eigenvalue weighted by atomic mass is 9.33. The van der Waals surface area contributed by atoms with Crippen molar-refractivity contribution < 1.29 is 0 Å². The summed E-state index contributed by atoms with van der Waals surface area (Å²) >= 11 is 0. The molecule has 0 radical (unpaired) electrons. The highest BCUT2D eigenvalue weighted by molar-refractivity contribution is 7.00. The topological polar surface area (TPSA) is 26.0 Å². The van der Waals surface area contributed by atoms with Crippen molar-refractivity contribution in [2.24, 2.45) is 0 Å². The van der Waals surface area contributed by atoms with Gasteiger partial charge in [0.1, 0.15) is 5.82 Å². The summed E-state index contributed by atoms with van der Waals surface area (Å²) < 4.78 is 4.90. The number of anilines is 3. The van der Waals surface area contributed by atoms with Gasteiger partial charge in [-0.1, -0.05) is 130 Å². The van der Waals surface area contributed by atoms with Crippen LogP contribution >= 0.6 is 0 Å². The molecule has 2 aromatic heterocycles. The molecule has 0 bridgehead atoms. The maximum atomic E-state index is 5.39. The van der Waals surface area contributed by atoms with Crippen LogP contribution in [0.5, 0.6) is 0 Å². The smallest absolute Gasteiger partial charge is 0.252 e. The van der Waals surface area contributed by atoms with E-state index < -0.39 is 0 Å². The fraction of sp³-hybridized carbons (Fsp3) is 0.0851. The lowest BCUT2D eigenvalue weighted by molar-refractivity contribution is 0.590. The summed E-state index contributed by atoms with van der Waals surface area (Å²) in [7, 11) is 0. The number of rotatable bonds is 3. The first-order valence-corrected chi connectivity index (χ1v) is 18.2. The Bertz CT molecular complexity index is 2840. The Morgan fingerprint density at radius 1 is 0.519 bits per heavy atom. The minimum Gasteiger partial charge on any atom is -0.311 e. The average molecular weight is 667 g/mol. The molecular weight excluding hydrogens is 631 g/mol. The summed E-state index contributed by atoms with van der Waals surface area (Å²) in [5.74, 6) is 0.961. The average Bonchev–Trinajstić information content (AvgIpc) is 3.74. The molecule has 0 atom stereocenters. The second-order valence-electron chi connectivity index (χ2n) is 15.2. The van der Waals surface area contributed by atoms with E-state index in [0.717, 1.165) is 28.3 Å². The Morgan fingerprint density at radius 2 is 1.17 bits per heavy atom. The minimum absolute atomic E-state index is 0.0105. The van der Waals surface area contributed by atoms with E-state index in [-0.39, 0.29) is 12.1 Å². The normalized spacial score (nSPS) is 13.2. The number of hydrogen-bond donors (Lipinski definition) is 0. The van der Waals surface area contributed by atoms with Crippen molar-refractivity contribution in [3.8, 4) is 22.8 Å². The molecule has 0 aliphatic carbocycles. The summed E-state index contributed by atoms with van der Waals surface area (Å²) in [5.41, 5.74) is 16.8. The minimum atomic E-state index is -0.0105. The first kappa shape index (κ1) is 29.4. The van der Waals surface area contributed by atoms with Crippen molar-refractivity contribution in [3.05, 3.63) is 163 Å². The largest absolute Gasteiger partial charge is 0.311 e. The number of nitrogens with zero attached hydrogens (tertiary/aromatic N) is 4. The lowest BCUT2D eigenvalue weighted by Gasteiger charge is -2.41. The molecule has 0 spiro atoms. The van der Waals surface area contributed by atoms with E-state index in [2.05, 4.69) is 193 Å². The highest BCUT2D eigenvalue weighted by Gasteiger charge is 2.43. The van der Waals surface area contributed by atoms with Gasteiger partial charge in [0.2, 0.25) is 0 Å². The molecule has 0 fully saturated rings. The summed E-state index contributed by atoms with van der Waals surface area (Å²) in [6, 6.07) is 57.9. The van der Waals surface area contributed by atoms with E-state index in [1.165, 1.54) is 66.3 Å². The van der Waals surface area contributed by atoms with Crippen LogP contribution in [0.25, 0.3) is 55.6 Å². The molecule has 0 N–H and O–H groups in total. The van der Waals surface area contributed by atoms with Gasteiger partial charge in [-0.3, -0.25) is 4.57 Å². The van der Waals surface area contributed by atoms with Crippen LogP contribution in [0.3, 0.4) is 0 Å². The molecule has 0 saturated heterocycles. The molecule has 9 aromatic rings. The third-order valence-electron chi connectivity index (χ3n) is 11.2. The number of imidazole rings is 1. The van der Waals surface area contributed by atoms with Crippen LogP contribution in [0.1, 0.15) is 26.3 Å². The quantitative estimate of drug-likeness (QED) is 0.176. The van der Waals surface area contributed by atoms with Gasteiger partial charge in [-0.05, 0) is 75.9 Å². The first-order valence-electron chi connectivity index (χ1n) is 18.2. The Hall–Kier alpha value is -6.33. The number of aromatic nitrogens is 3. The fourth-order valence-electron chi connectivity index (χ4n) is 8.92. The van der Waals surface area contributed by atoms with E-state index in [1.54, 1.807) is 0 Å². The van der Waals surface area contributed by atoms with Crippen molar-refractivity contribution in [2.45, 2.75) is 26.2 Å². The van der Waals surface area contributed by atoms with Gasteiger partial charge in [0, 0.05) is 39.1 Å². The summed E-state index contributed by atoms with van der Waals surface area (Å²) in [4.78, 5) is 7.90. The first-order chi connectivity index (χ1) is 25.5. The van der Waals surface area contributed by atoms with Crippen molar-refractivity contribution in [2.75, 3.05) is 4.90 Å². The highest BCUT2D eigenvalue weighted by atomic mass is 15.2. The van der Waals surface area contributed by atoms with Gasteiger partial charge < -0.3 is 9.47 Å². The van der Waals surface area contributed by atoms with Crippen molar-refractivity contribution >= 4 is 73.0 Å². The Balaban J connectivity index is 1.33. The van der Waals surface area contributed by atoms with E-state index in [9.17, 15) is 0 Å². The van der Waals surface area contributed by atoms with Crippen LogP contribution in [0, 0.1) is 0 Å². The summed E-state index contributed by atoms with van der Waals surface area (Å²) in [5, 5.41) is 2.51. The molecule has 5 heteroatoms. The van der Waals surface area contributed by atoms with Crippen LogP contribution in [-0.4, -0.2) is 20.8 Å². The lowest BCUT2D eigenvalue weighted by Crippen LogP contribution is -2.60. The zero-order valence-electron chi connectivity index (χ0n) is 29.4. The van der Waals surface area contributed by atoms with Crippen LogP contribution in [-0.2, 0) is 5.41 Å². The van der Waals surface area contributed by atoms with Gasteiger partial charge in [-0.25, -0.2) is 4.98 Å². The molecule has 11 rings (SSSR count). The van der Waals surface area contributed by atoms with E-state index in [4.69, 9.17) is 4.98 Å². The van der Waals surface area contributed by atoms with Crippen LogP contribution in [0.4, 0.5) is 17.1 Å². The van der Waals surface area contributed by atoms with Crippen LogP contribution in [0.15, 0.2) is 158 Å². The molecular formula is C47H35BN4. The Morgan fingerprint density at radius 3 is 1.88 bits per heavy atom. The maximum absolute atomic E-state index is 5.39. The predicted molar refractivity (Wildman–Crippen MR) is 219 cm³/mol. The number of hydrogen-bond acceptors (Lipinski definition) is 2. The second kappa shape index (κ2) is 10.6.